The molecule has 0 heterocycles. The van der Waals surface area contributed by atoms with Crippen LogP contribution >= 0.6 is 11.8 Å². The maximum absolute atomic E-state index is 11.9. The average molecular weight is 387 g/mol. The first-order valence-corrected chi connectivity index (χ1v) is 10.0. The van der Waals surface area contributed by atoms with Crippen molar-refractivity contribution < 1.29 is 14.3 Å². The smallest absolute Gasteiger partial charge is 0.240 e. The molecule has 0 bridgehead atoms. The van der Waals surface area contributed by atoms with Crippen molar-refractivity contribution in [2.24, 2.45) is 5.10 Å². The highest BCUT2D eigenvalue weighted by atomic mass is 32.2. The van der Waals surface area contributed by atoms with Gasteiger partial charge in [-0.15, -0.1) is 11.8 Å². The van der Waals surface area contributed by atoms with Gasteiger partial charge >= 0.3 is 0 Å². The molecule has 0 aliphatic rings. The molecule has 144 valence electrons. The molecule has 0 spiro atoms. The summed E-state index contributed by atoms with van der Waals surface area (Å²) in [6, 6.07) is 13.8. The number of benzene rings is 2. The quantitative estimate of drug-likeness (QED) is 0.373. The number of hydrazone groups is 1. The van der Waals surface area contributed by atoms with Crippen molar-refractivity contribution in [1.82, 2.24) is 5.43 Å². The first kappa shape index (κ1) is 20.8. The van der Waals surface area contributed by atoms with Crippen LogP contribution in [0.15, 0.2) is 52.5 Å². The monoisotopic (exact) mass is 386 g/mol. The molecule has 5 nitrogen and oxygen atoms in total. The Morgan fingerprint density at radius 1 is 1.07 bits per heavy atom. The number of nitrogens with one attached hydrogen (secondary N) is 1. The minimum atomic E-state index is -0.109. The first-order valence-electron chi connectivity index (χ1n) is 9.03. The zero-order valence-corrected chi connectivity index (χ0v) is 16.8. The van der Waals surface area contributed by atoms with E-state index in [0.717, 1.165) is 10.5 Å². The van der Waals surface area contributed by atoms with Crippen molar-refractivity contribution in [2.75, 3.05) is 19.0 Å². The largest absolute Gasteiger partial charge is 0.490 e. The molecule has 0 fully saturated rings. The molecule has 0 radical (unpaired) electrons. The SMILES string of the molecule is CCOc1ccc(/C=N\NC(=O)CCSc2ccc(C)cc2)cc1OCC. The molecular formula is C21H26N2O3S. The predicted octanol–water partition coefficient (Wildman–Crippen LogP) is 4.42. The predicted molar refractivity (Wildman–Crippen MR) is 111 cm³/mol. The summed E-state index contributed by atoms with van der Waals surface area (Å²) in [6.07, 6.45) is 2.01. The van der Waals surface area contributed by atoms with E-state index in [2.05, 4.69) is 41.7 Å². The maximum atomic E-state index is 11.9. The van der Waals surface area contributed by atoms with E-state index in [1.165, 1.54) is 5.56 Å². The number of hydrogen-bond donors (Lipinski definition) is 1. The number of aryl methyl sites for hydroxylation is 1. The summed E-state index contributed by atoms with van der Waals surface area (Å²) < 4.78 is 11.1. The highest BCUT2D eigenvalue weighted by molar-refractivity contribution is 7.99. The Balaban J connectivity index is 1.80. The third-order valence-corrected chi connectivity index (χ3v) is 4.60. The van der Waals surface area contributed by atoms with Gasteiger partial charge in [0.15, 0.2) is 11.5 Å². The van der Waals surface area contributed by atoms with Crippen molar-refractivity contribution in [3.63, 3.8) is 0 Å². The summed E-state index contributed by atoms with van der Waals surface area (Å²) in [5.41, 5.74) is 4.62. The maximum Gasteiger partial charge on any atom is 0.240 e. The van der Waals surface area contributed by atoms with E-state index in [0.29, 0.717) is 36.9 Å². The van der Waals surface area contributed by atoms with Crippen LogP contribution in [0.25, 0.3) is 0 Å². The molecule has 0 aliphatic heterocycles. The van der Waals surface area contributed by atoms with Crippen LogP contribution in [0.1, 0.15) is 31.4 Å². The third-order valence-electron chi connectivity index (χ3n) is 3.59. The second-order valence-corrected chi connectivity index (χ2v) is 6.95. The van der Waals surface area contributed by atoms with Gasteiger partial charge in [-0.2, -0.15) is 5.10 Å². The van der Waals surface area contributed by atoms with E-state index in [9.17, 15) is 4.79 Å². The van der Waals surface area contributed by atoms with E-state index < -0.39 is 0 Å². The third kappa shape index (κ3) is 7.35. The molecule has 1 N–H and O–H groups in total. The lowest BCUT2D eigenvalue weighted by Gasteiger charge is -2.11. The van der Waals surface area contributed by atoms with Gasteiger partial charge in [-0.05, 0) is 56.7 Å². The van der Waals surface area contributed by atoms with Crippen molar-refractivity contribution >= 4 is 23.9 Å². The summed E-state index contributed by atoms with van der Waals surface area (Å²) in [5, 5.41) is 4.03. The summed E-state index contributed by atoms with van der Waals surface area (Å²) in [5.74, 6) is 1.97. The molecule has 6 heteroatoms. The minimum absolute atomic E-state index is 0.109. The van der Waals surface area contributed by atoms with Crippen LogP contribution in [-0.4, -0.2) is 31.1 Å². The molecule has 2 rings (SSSR count). The van der Waals surface area contributed by atoms with E-state index >= 15 is 0 Å². The van der Waals surface area contributed by atoms with Gasteiger partial charge in [-0.3, -0.25) is 4.79 Å². The fraction of sp³-hybridized carbons (Fsp3) is 0.333. The van der Waals surface area contributed by atoms with E-state index in [1.54, 1.807) is 18.0 Å². The van der Waals surface area contributed by atoms with Crippen molar-refractivity contribution in [3.8, 4) is 11.5 Å². The minimum Gasteiger partial charge on any atom is -0.490 e. The summed E-state index contributed by atoms with van der Waals surface area (Å²) >= 11 is 1.66. The molecule has 27 heavy (non-hydrogen) atoms. The number of nitrogens with zero attached hydrogens (tertiary/aromatic N) is 1. The van der Waals surface area contributed by atoms with Gasteiger partial charge in [-0.25, -0.2) is 5.43 Å². The van der Waals surface area contributed by atoms with Gasteiger partial charge in [-0.1, -0.05) is 17.7 Å². The second-order valence-electron chi connectivity index (χ2n) is 5.78. The van der Waals surface area contributed by atoms with Crippen LogP contribution in [0.3, 0.4) is 0 Å². The summed E-state index contributed by atoms with van der Waals surface area (Å²) in [6.45, 7) is 7.03. The van der Waals surface area contributed by atoms with Crippen LogP contribution in [0.4, 0.5) is 0 Å². The van der Waals surface area contributed by atoms with Crippen LogP contribution in [0.5, 0.6) is 11.5 Å². The Morgan fingerprint density at radius 3 is 2.48 bits per heavy atom. The Bertz CT molecular complexity index is 761. The lowest BCUT2D eigenvalue weighted by atomic mass is 10.2. The molecule has 0 saturated carbocycles. The number of ether oxygens (including phenoxy) is 2. The van der Waals surface area contributed by atoms with E-state index in [4.69, 9.17) is 9.47 Å². The van der Waals surface area contributed by atoms with Gasteiger partial charge in [0.25, 0.3) is 0 Å². The molecule has 2 aromatic carbocycles. The average Bonchev–Trinajstić information content (AvgIpc) is 2.66. The molecule has 0 aromatic heterocycles. The lowest BCUT2D eigenvalue weighted by Crippen LogP contribution is -2.17. The van der Waals surface area contributed by atoms with Gasteiger partial charge in [0.1, 0.15) is 0 Å². The number of hydrogen-bond acceptors (Lipinski definition) is 5. The first-order chi connectivity index (χ1) is 13.1. The standard InChI is InChI=1S/C21H26N2O3S/c1-4-25-19-11-8-17(14-20(19)26-5-2)15-22-23-21(24)12-13-27-18-9-6-16(3)7-10-18/h6-11,14-15H,4-5,12-13H2,1-3H3,(H,23,24)/b22-15-. The van der Waals surface area contributed by atoms with Gasteiger partial charge in [0.05, 0.1) is 19.4 Å². The van der Waals surface area contributed by atoms with Gasteiger partial charge in [0.2, 0.25) is 5.91 Å². The van der Waals surface area contributed by atoms with Crippen LogP contribution in [0.2, 0.25) is 0 Å². The van der Waals surface area contributed by atoms with Crippen LogP contribution in [-0.2, 0) is 4.79 Å². The number of carbonyl (C=O) groups excluding carboxylic acids is 1. The fourth-order valence-corrected chi connectivity index (χ4v) is 3.13. The highest BCUT2D eigenvalue weighted by Crippen LogP contribution is 2.28. The van der Waals surface area contributed by atoms with E-state index in [-0.39, 0.29) is 5.91 Å². The topological polar surface area (TPSA) is 59.9 Å². The number of carbonyl (C=O) groups is 1. The van der Waals surface area contributed by atoms with Crippen molar-refractivity contribution in [1.29, 1.82) is 0 Å². The molecule has 0 saturated heterocycles. The highest BCUT2D eigenvalue weighted by Gasteiger charge is 2.05. The van der Waals surface area contributed by atoms with Crippen LogP contribution in [0, 0.1) is 6.92 Å². The fourth-order valence-electron chi connectivity index (χ4n) is 2.28. The molecule has 1 amide bonds. The summed E-state index contributed by atoms with van der Waals surface area (Å²) in [4.78, 5) is 13.1. The van der Waals surface area contributed by atoms with Crippen molar-refractivity contribution in [3.05, 3.63) is 53.6 Å². The Kier molecular flexibility index (Phi) is 8.71. The number of rotatable bonds is 10. The second kappa shape index (κ2) is 11.3. The molecule has 0 unspecified atom stereocenters. The van der Waals surface area contributed by atoms with Crippen molar-refractivity contribution in [2.45, 2.75) is 32.1 Å². The Hall–Kier alpha value is -2.47. The lowest BCUT2D eigenvalue weighted by molar-refractivity contribution is -0.120. The Labute approximate surface area is 165 Å². The molecule has 0 atom stereocenters. The normalized spacial score (nSPS) is 10.8. The Morgan fingerprint density at radius 2 is 1.78 bits per heavy atom. The zero-order chi connectivity index (χ0) is 19.5. The van der Waals surface area contributed by atoms with Gasteiger partial charge in [0, 0.05) is 17.1 Å². The molecule has 2 aromatic rings. The molecular weight excluding hydrogens is 360 g/mol. The number of thioether (sulfide) groups is 1. The van der Waals surface area contributed by atoms with E-state index in [1.807, 2.05) is 32.0 Å². The summed E-state index contributed by atoms with van der Waals surface area (Å²) in [7, 11) is 0. The van der Waals surface area contributed by atoms with Gasteiger partial charge < -0.3 is 9.47 Å². The zero-order valence-electron chi connectivity index (χ0n) is 16.0. The van der Waals surface area contributed by atoms with Crippen LogP contribution < -0.4 is 14.9 Å². The number of amides is 1. The molecule has 0 aliphatic carbocycles.